The molecule has 0 fully saturated rings. The van der Waals surface area contributed by atoms with Crippen molar-refractivity contribution >= 4 is 66.7 Å². The van der Waals surface area contributed by atoms with Gasteiger partial charge in [0, 0.05) is 33.8 Å². The first-order chi connectivity index (χ1) is 15.3. The van der Waals surface area contributed by atoms with Crippen molar-refractivity contribution in [1.82, 2.24) is 15.0 Å². The lowest BCUT2D eigenvalue weighted by Gasteiger charge is -2.32. The Morgan fingerprint density at radius 3 is 2.81 bits per heavy atom. The Kier molecular flexibility index (Phi) is 5.57. The summed E-state index contributed by atoms with van der Waals surface area (Å²) in [5.41, 5.74) is 4.82. The van der Waals surface area contributed by atoms with Gasteiger partial charge >= 0.3 is 0 Å². The molecule has 1 N–H and O–H groups in total. The van der Waals surface area contributed by atoms with Gasteiger partial charge in [0.25, 0.3) is 0 Å². The number of thiophene rings is 1. The molecule has 0 saturated carbocycles. The number of ether oxygens (including phenoxy) is 1. The number of carbonyl (C=O) groups excluding carboxylic acids is 1. The molecule has 4 heterocycles. The number of fused-ring (bicyclic) bond motifs is 5. The summed E-state index contributed by atoms with van der Waals surface area (Å²) in [6.45, 7) is 6.82. The van der Waals surface area contributed by atoms with E-state index < -0.39 is 0 Å². The standard InChI is InChI=1S/C23H21ClN4O2S2/c1-12-16-9-30-23(2,3)8-15(16)18-19-20(32-21(18)27-12)22(26-11-25-19)31-10-17(29)28-14-6-4-13(24)5-7-14/h4-7,11H,8-10H2,1-3H3,(H,28,29). The van der Waals surface area contributed by atoms with Gasteiger partial charge in [-0.3, -0.25) is 4.79 Å². The largest absolute Gasteiger partial charge is 0.370 e. The molecule has 0 aliphatic carbocycles. The number of aryl methyl sites for hydroxylation is 1. The third-order valence-electron chi connectivity index (χ3n) is 5.47. The van der Waals surface area contributed by atoms with Crippen LogP contribution in [0.3, 0.4) is 0 Å². The van der Waals surface area contributed by atoms with E-state index in [4.69, 9.17) is 21.3 Å². The van der Waals surface area contributed by atoms with Gasteiger partial charge in [0.15, 0.2) is 0 Å². The fraction of sp³-hybridized carbons (Fsp3) is 0.304. The van der Waals surface area contributed by atoms with Crippen LogP contribution in [0.5, 0.6) is 0 Å². The van der Waals surface area contributed by atoms with Gasteiger partial charge in [0.2, 0.25) is 5.91 Å². The van der Waals surface area contributed by atoms with E-state index in [1.807, 2.05) is 6.92 Å². The monoisotopic (exact) mass is 484 g/mol. The minimum absolute atomic E-state index is 0.101. The zero-order valence-corrected chi connectivity index (χ0v) is 20.2. The SMILES string of the molecule is Cc1nc2sc3c(SCC(=O)Nc4ccc(Cl)cc4)ncnc3c2c2c1COC(C)(C)C2. The van der Waals surface area contributed by atoms with Gasteiger partial charge in [-0.05, 0) is 50.6 Å². The van der Waals surface area contributed by atoms with Crippen LogP contribution in [0.1, 0.15) is 30.7 Å². The fourth-order valence-electron chi connectivity index (χ4n) is 3.91. The number of benzene rings is 1. The lowest BCUT2D eigenvalue weighted by atomic mass is 9.89. The number of anilines is 1. The molecular formula is C23H21ClN4O2S2. The number of nitrogens with zero attached hydrogens (tertiary/aromatic N) is 3. The van der Waals surface area contributed by atoms with Gasteiger partial charge in [-0.2, -0.15) is 0 Å². The van der Waals surface area contributed by atoms with Crippen LogP contribution < -0.4 is 5.32 Å². The molecule has 0 atom stereocenters. The number of hydrogen-bond acceptors (Lipinski definition) is 7. The maximum absolute atomic E-state index is 12.5. The molecule has 0 bridgehead atoms. The molecule has 0 unspecified atom stereocenters. The summed E-state index contributed by atoms with van der Waals surface area (Å²) in [6.07, 6.45) is 2.38. The number of thioether (sulfide) groups is 1. The molecule has 32 heavy (non-hydrogen) atoms. The summed E-state index contributed by atoms with van der Waals surface area (Å²) in [6, 6.07) is 7.05. The Labute approximate surface area is 198 Å². The number of pyridine rings is 1. The van der Waals surface area contributed by atoms with E-state index in [0.29, 0.717) is 17.3 Å². The highest BCUT2D eigenvalue weighted by molar-refractivity contribution is 8.00. The Hall–Kier alpha value is -2.26. The van der Waals surface area contributed by atoms with Crippen LogP contribution >= 0.6 is 34.7 Å². The van der Waals surface area contributed by atoms with E-state index in [2.05, 4.69) is 29.1 Å². The van der Waals surface area contributed by atoms with E-state index in [0.717, 1.165) is 43.1 Å². The second-order valence-electron chi connectivity index (χ2n) is 8.36. The van der Waals surface area contributed by atoms with E-state index in [9.17, 15) is 4.79 Å². The predicted molar refractivity (Wildman–Crippen MR) is 131 cm³/mol. The molecule has 9 heteroatoms. The van der Waals surface area contributed by atoms with E-state index in [1.54, 1.807) is 41.9 Å². The average molecular weight is 485 g/mol. The first-order valence-electron chi connectivity index (χ1n) is 10.2. The molecule has 0 spiro atoms. The predicted octanol–water partition coefficient (Wildman–Crippen LogP) is 5.78. The maximum Gasteiger partial charge on any atom is 0.234 e. The highest BCUT2D eigenvalue weighted by atomic mass is 35.5. The molecule has 1 aromatic carbocycles. The molecule has 0 radical (unpaired) electrons. The lowest BCUT2D eigenvalue weighted by Crippen LogP contribution is -2.32. The second-order valence-corrected chi connectivity index (χ2v) is 10.8. The summed E-state index contributed by atoms with van der Waals surface area (Å²) in [4.78, 5) is 27.3. The molecule has 1 amide bonds. The number of carbonyl (C=O) groups is 1. The third-order valence-corrected chi connectivity index (χ3v) is 7.92. The normalized spacial score (nSPS) is 15.1. The molecule has 0 saturated heterocycles. The van der Waals surface area contributed by atoms with Gasteiger partial charge in [0.1, 0.15) is 16.2 Å². The minimum Gasteiger partial charge on any atom is -0.370 e. The van der Waals surface area contributed by atoms with Gasteiger partial charge in [-0.25, -0.2) is 15.0 Å². The summed E-state index contributed by atoms with van der Waals surface area (Å²) < 4.78 is 7.00. The van der Waals surface area contributed by atoms with Crippen molar-refractivity contribution in [2.24, 2.45) is 0 Å². The van der Waals surface area contributed by atoms with Crippen LogP contribution in [0.25, 0.3) is 20.4 Å². The Balaban J connectivity index is 1.47. The van der Waals surface area contributed by atoms with Crippen molar-refractivity contribution in [2.75, 3.05) is 11.1 Å². The van der Waals surface area contributed by atoms with Crippen LogP contribution in [0, 0.1) is 6.92 Å². The summed E-state index contributed by atoms with van der Waals surface area (Å²) in [7, 11) is 0. The number of rotatable bonds is 4. The number of hydrogen-bond donors (Lipinski definition) is 1. The number of amides is 1. The van der Waals surface area contributed by atoms with Crippen molar-refractivity contribution in [3.05, 3.63) is 52.4 Å². The summed E-state index contributed by atoms with van der Waals surface area (Å²) >= 11 is 8.90. The van der Waals surface area contributed by atoms with Gasteiger partial charge in [-0.15, -0.1) is 11.3 Å². The van der Waals surface area contributed by atoms with Crippen molar-refractivity contribution < 1.29 is 9.53 Å². The zero-order chi connectivity index (χ0) is 22.5. The average Bonchev–Trinajstić information content (AvgIpc) is 3.12. The first-order valence-corrected chi connectivity index (χ1v) is 12.4. The molecule has 4 aromatic rings. The van der Waals surface area contributed by atoms with Gasteiger partial charge < -0.3 is 10.1 Å². The van der Waals surface area contributed by atoms with E-state index in [1.165, 1.54) is 17.3 Å². The smallest absolute Gasteiger partial charge is 0.234 e. The molecule has 5 rings (SSSR count). The third kappa shape index (κ3) is 4.08. The van der Waals surface area contributed by atoms with Gasteiger partial charge in [-0.1, -0.05) is 23.4 Å². The van der Waals surface area contributed by atoms with Gasteiger partial charge in [0.05, 0.1) is 28.2 Å². The highest BCUT2D eigenvalue weighted by Gasteiger charge is 2.31. The van der Waals surface area contributed by atoms with Crippen LogP contribution in [-0.2, 0) is 22.6 Å². The highest BCUT2D eigenvalue weighted by Crippen LogP contribution is 2.42. The summed E-state index contributed by atoms with van der Waals surface area (Å²) in [5, 5.41) is 5.41. The second kappa shape index (κ2) is 8.26. The zero-order valence-electron chi connectivity index (χ0n) is 17.9. The lowest BCUT2D eigenvalue weighted by molar-refractivity contribution is -0.113. The van der Waals surface area contributed by atoms with Crippen molar-refractivity contribution in [2.45, 2.75) is 44.4 Å². The van der Waals surface area contributed by atoms with Crippen molar-refractivity contribution in [1.29, 1.82) is 0 Å². The fourth-order valence-corrected chi connectivity index (χ4v) is 6.12. The molecule has 1 aliphatic heterocycles. The molecular weight excluding hydrogens is 464 g/mol. The first kappa shape index (κ1) is 21.6. The number of nitrogens with one attached hydrogen (secondary N) is 1. The van der Waals surface area contributed by atoms with Crippen LogP contribution in [0.2, 0.25) is 5.02 Å². The molecule has 1 aliphatic rings. The molecule has 164 valence electrons. The number of halogens is 1. The van der Waals surface area contributed by atoms with Crippen molar-refractivity contribution in [3.63, 3.8) is 0 Å². The maximum atomic E-state index is 12.5. The van der Waals surface area contributed by atoms with Crippen LogP contribution in [0.4, 0.5) is 5.69 Å². The van der Waals surface area contributed by atoms with Crippen LogP contribution in [0.15, 0.2) is 35.6 Å². The summed E-state index contributed by atoms with van der Waals surface area (Å²) in [5.74, 6) is 0.143. The van der Waals surface area contributed by atoms with E-state index >= 15 is 0 Å². The molecule has 3 aromatic heterocycles. The topological polar surface area (TPSA) is 77.0 Å². The Bertz CT molecular complexity index is 1350. The Morgan fingerprint density at radius 2 is 2.03 bits per heavy atom. The van der Waals surface area contributed by atoms with Crippen LogP contribution in [-0.4, -0.2) is 32.2 Å². The molecule has 6 nitrogen and oxygen atoms in total. The Morgan fingerprint density at radius 1 is 1.25 bits per heavy atom. The minimum atomic E-state index is -0.230. The quantitative estimate of drug-likeness (QED) is 0.292. The number of aromatic nitrogens is 3. The van der Waals surface area contributed by atoms with Crippen molar-refractivity contribution in [3.8, 4) is 0 Å². The van der Waals surface area contributed by atoms with E-state index in [-0.39, 0.29) is 17.3 Å².